The molecule has 0 aliphatic heterocycles. The third-order valence-electron chi connectivity index (χ3n) is 3.64. The Bertz CT molecular complexity index is 663. The Hall–Kier alpha value is -1.95. The monoisotopic (exact) mass is 347 g/mol. The van der Waals surface area contributed by atoms with E-state index in [-0.39, 0.29) is 24.4 Å². The topological polar surface area (TPSA) is 62.3 Å². The Balaban J connectivity index is 1.81. The number of fused-ring (bicyclic) bond motifs is 1. The van der Waals surface area contributed by atoms with Gasteiger partial charge in [-0.15, -0.1) is 11.3 Å². The highest BCUT2D eigenvalue weighted by Gasteiger charge is 2.16. The van der Waals surface area contributed by atoms with Crippen LogP contribution < -0.4 is 5.32 Å². The summed E-state index contributed by atoms with van der Waals surface area (Å²) in [6, 6.07) is 8.15. The van der Waals surface area contributed by atoms with E-state index in [0.717, 1.165) is 23.4 Å². The molecular weight excluding hydrogens is 322 g/mol. The van der Waals surface area contributed by atoms with Crippen molar-refractivity contribution in [1.82, 2.24) is 15.2 Å². The molecule has 0 saturated carbocycles. The lowest BCUT2D eigenvalue weighted by Gasteiger charge is -2.21. The Morgan fingerprint density at radius 3 is 2.71 bits per heavy atom. The quantitative estimate of drug-likeness (QED) is 0.798. The maximum absolute atomic E-state index is 12.3. The molecule has 0 unspecified atom stereocenters. The molecule has 0 atom stereocenters. The molecule has 0 aliphatic carbocycles. The Kier molecular flexibility index (Phi) is 6.73. The van der Waals surface area contributed by atoms with E-state index in [4.69, 9.17) is 0 Å². The Morgan fingerprint density at radius 2 is 2.04 bits per heavy atom. The lowest BCUT2D eigenvalue weighted by molar-refractivity contribution is -0.136. The second kappa shape index (κ2) is 8.78. The molecule has 0 spiro atoms. The predicted molar refractivity (Wildman–Crippen MR) is 98.1 cm³/mol. The van der Waals surface area contributed by atoms with Gasteiger partial charge in [0.2, 0.25) is 11.8 Å². The predicted octanol–water partition coefficient (Wildman–Crippen LogP) is 2.99. The van der Waals surface area contributed by atoms with E-state index in [1.54, 1.807) is 16.2 Å². The van der Waals surface area contributed by atoms with Gasteiger partial charge in [-0.2, -0.15) is 0 Å². The largest absolute Gasteiger partial charge is 0.352 e. The number of likely N-dealkylation sites (N-methyl/N-ethyl adjacent to an activating group) is 1. The van der Waals surface area contributed by atoms with Crippen LogP contribution in [0.3, 0.4) is 0 Å². The number of hydrogen-bond acceptors (Lipinski definition) is 4. The maximum atomic E-state index is 12.3. The minimum atomic E-state index is -0.105. The molecular formula is C18H25N3O2S. The van der Waals surface area contributed by atoms with Gasteiger partial charge >= 0.3 is 0 Å². The van der Waals surface area contributed by atoms with Crippen LogP contribution in [0.25, 0.3) is 10.2 Å². The van der Waals surface area contributed by atoms with Gasteiger partial charge in [0.1, 0.15) is 0 Å². The third-order valence-corrected chi connectivity index (χ3v) is 4.73. The fourth-order valence-corrected chi connectivity index (χ4v) is 3.50. The molecule has 130 valence electrons. The summed E-state index contributed by atoms with van der Waals surface area (Å²) in [6.07, 6.45) is 1.99. The van der Waals surface area contributed by atoms with Gasteiger partial charge in [0.05, 0.1) is 21.8 Å². The molecule has 0 bridgehead atoms. The summed E-state index contributed by atoms with van der Waals surface area (Å²) in [5.41, 5.74) is 1.02. The fourth-order valence-electron chi connectivity index (χ4n) is 2.49. The summed E-state index contributed by atoms with van der Waals surface area (Å²) >= 11 is 1.68. The van der Waals surface area contributed by atoms with Crippen LogP contribution in [0.2, 0.25) is 0 Å². The Morgan fingerprint density at radius 1 is 1.29 bits per heavy atom. The van der Waals surface area contributed by atoms with Crippen molar-refractivity contribution in [2.24, 2.45) is 0 Å². The summed E-state index contributed by atoms with van der Waals surface area (Å²) in [5.74, 6) is -0.0797. The van der Waals surface area contributed by atoms with Crippen LogP contribution in [0.1, 0.15) is 38.6 Å². The van der Waals surface area contributed by atoms with Gasteiger partial charge in [-0.1, -0.05) is 12.1 Å². The zero-order chi connectivity index (χ0) is 17.5. The third kappa shape index (κ3) is 5.30. The van der Waals surface area contributed by atoms with Crippen LogP contribution in [0.15, 0.2) is 24.3 Å². The summed E-state index contributed by atoms with van der Waals surface area (Å²) in [5, 5.41) is 3.88. The first kappa shape index (κ1) is 18.4. The van der Waals surface area contributed by atoms with Crippen molar-refractivity contribution in [2.75, 3.05) is 13.1 Å². The van der Waals surface area contributed by atoms with E-state index >= 15 is 0 Å². The maximum Gasteiger partial charge on any atom is 0.239 e. The minimum Gasteiger partial charge on any atom is -0.352 e. The number of carbonyl (C=O) groups excluding carboxylic acids is 2. The lowest BCUT2D eigenvalue weighted by Crippen LogP contribution is -2.42. The molecule has 1 N–H and O–H groups in total. The molecule has 2 amide bonds. The van der Waals surface area contributed by atoms with E-state index in [9.17, 15) is 9.59 Å². The number of rotatable bonds is 8. The van der Waals surface area contributed by atoms with E-state index in [1.165, 1.54) is 4.70 Å². The van der Waals surface area contributed by atoms with Crippen molar-refractivity contribution < 1.29 is 9.59 Å². The molecule has 1 aromatic heterocycles. The molecule has 6 heteroatoms. The number of carbonyl (C=O) groups is 2. The minimum absolute atomic E-state index is 0.0255. The number of amides is 2. The summed E-state index contributed by atoms with van der Waals surface area (Å²) in [6.45, 7) is 6.40. The second-order valence-electron chi connectivity index (χ2n) is 6.06. The van der Waals surface area contributed by atoms with Crippen molar-refractivity contribution >= 4 is 33.4 Å². The van der Waals surface area contributed by atoms with Crippen molar-refractivity contribution in [1.29, 1.82) is 0 Å². The first-order valence-corrected chi connectivity index (χ1v) is 9.22. The van der Waals surface area contributed by atoms with Crippen LogP contribution in [0, 0.1) is 0 Å². The standard InChI is InChI=1S/C18H25N3O2S/c1-4-21(12-16(22)19-13(2)3)18(23)11-7-10-17-20-14-8-5-6-9-15(14)24-17/h5-6,8-9,13H,4,7,10-12H2,1-3H3,(H,19,22). The number of hydrogen-bond donors (Lipinski definition) is 1. The second-order valence-corrected chi connectivity index (χ2v) is 7.17. The summed E-state index contributed by atoms with van der Waals surface area (Å²) in [7, 11) is 0. The van der Waals surface area contributed by atoms with Crippen molar-refractivity contribution in [3.8, 4) is 0 Å². The van der Waals surface area contributed by atoms with Gasteiger partial charge in [0, 0.05) is 19.0 Å². The number of thiazole rings is 1. The van der Waals surface area contributed by atoms with Gasteiger partial charge < -0.3 is 10.2 Å². The number of para-hydroxylation sites is 1. The summed E-state index contributed by atoms with van der Waals surface area (Å²) < 4.78 is 1.18. The number of nitrogens with one attached hydrogen (secondary N) is 1. The zero-order valence-corrected chi connectivity index (χ0v) is 15.4. The highest BCUT2D eigenvalue weighted by molar-refractivity contribution is 7.18. The molecule has 0 aliphatic rings. The van der Waals surface area contributed by atoms with E-state index < -0.39 is 0 Å². The number of aryl methyl sites for hydroxylation is 1. The van der Waals surface area contributed by atoms with Crippen molar-refractivity contribution in [3.63, 3.8) is 0 Å². The van der Waals surface area contributed by atoms with Gasteiger partial charge in [-0.3, -0.25) is 9.59 Å². The average molecular weight is 347 g/mol. The van der Waals surface area contributed by atoms with E-state index in [1.807, 2.05) is 39.0 Å². The molecule has 1 heterocycles. The van der Waals surface area contributed by atoms with Gasteiger partial charge in [0.15, 0.2) is 0 Å². The highest BCUT2D eigenvalue weighted by Crippen LogP contribution is 2.22. The van der Waals surface area contributed by atoms with Gasteiger partial charge in [-0.05, 0) is 45.7 Å². The lowest BCUT2D eigenvalue weighted by atomic mass is 10.2. The molecule has 0 fully saturated rings. The highest BCUT2D eigenvalue weighted by atomic mass is 32.1. The molecule has 5 nitrogen and oxygen atoms in total. The smallest absolute Gasteiger partial charge is 0.239 e. The molecule has 0 radical (unpaired) electrons. The van der Waals surface area contributed by atoms with Gasteiger partial charge in [0.25, 0.3) is 0 Å². The Labute approximate surface area is 147 Å². The van der Waals surface area contributed by atoms with E-state index in [2.05, 4.69) is 16.4 Å². The molecule has 0 saturated heterocycles. The molecule has 1 aromatic carbocycles. The number of benzene rings is 1. The average Bonchev–Trinajstić information content (AvgIpc) is 2.94. The van der Waals surface area contributed by atoms with Crippen molar-refractivity contribution in [3.05, 3.63) is 29.3 Å². The van der Waals surface area contributed by atoms with Crippen LogP contribution in [0.5, 0.6) is 0 Å². The first-order valence-electron chi connectivity index (χ1n) is 8.41. The van der Waals surface area contributed by atoms with Gasteiger partial charge in [-0.25, -0.2) is 4.98 Å². The van der Waals surface area contributed by atoms with Crippen LogP contribution >= 0.6 is 11.3 Å². The first-order chi connectivity index (χ1) is 11.5. The molecule has 2 aromatic rings. The number of aromatic nitrogens is 1. The normalized spacial score (nSPS) is 11.0. The molecule has 24 heavy (non-hydrogen) atoms. The van der Waals surface area contributed by atoms with Crippen molar-refractivity contribution in [2.45, 2.75) is 46.1 Å². The van der Waals surface area contributed by atoms with Crippen LogP contribution in [-0.4, -0.2) is 40.8 Å². The SMILES string of the molecule is CCN(CC(=O)NC(C)C)C(=O)CCCc1nc2ccccc2s1. The molecule has 2 rings (SSSR count). The van der Waals surface area contributed by atoms with Crippen LogP contribution in [0.4, 0.5) is 0 Å². The summed E-state index contributed by atoms with van der Waals surface area (Å²) in [4.78, 5) is 30.3. The van der Waals surface area contributed by atoms with E-state index in [0.29, 0.717) is 13.0 Å². The zero-order valence-electron chi connectivity index (χ0n) is 14.5. The number of nitrogens with zero attached hydrogens (tertiary/aromatic N) is 2. The fraction of sp³-hybridized carbons (Fsp3) is 0.500. The van der Waals surface area contributed by atoms with Crippen LogP contribution in [-0.2, 0) is 16.0 Å².